The molecule has 156 valence electrons. The number of ether oxygens (including phenoxy) is 1. The monoisotopic (exact) mass is 419 g/mol. The lowest BCUT2D eigenvalue weighted by atomic mass is 9.98. The molecule has 1 atom stereocenters. The van der Waals surface area contributed by atoms with Crippen LogP contribution in [-0.4, -0.2) is 72.5 Å². The average Bonchev–Trinajstić information content (AvgIpc) is 2.72. The Morgan fingerprint density at radius 1 is 1.34 bits per heavy atom. The number of esters is 1. The lowest BCUT2D eigenvalue weighted by Crippen LogP contribution is -2.47. The third kappa shape index (κ3) is 5.09. The van der Waals surface area contributed by atoms with Crippen LogP contribution in [-0.2, 0) is 19.1 Å². The summed E-state index contributed by atoms with van der Waals surface area (Å²) in [5, 5.41) is 2.76. The molecular formula is C20H25N3O5S. The number of piperidine rings is 1. The summed E-state index contributed by atoms with van der Waals surface area (Å²) in [6, 6.07) is 5.14. The molecule has 2 aliphatic heterocycles. The van der Waals surface area contributed by atoms with Crippen LogP contribution in [0.15, 0.2) is 23.1 Å². The van der Waals surface area contributed by atoms with Gasteiger partial charge in [-0.15, -0.1) is 11.8 Å². The van der Waals surface area contributed by atoms with Gasteiger partial charge in [0.05, 0.1) is 30.5 Å². The van der Waals surface area contributed by atoms with Crippen molar-refractivity contribution in [1.82, 2.24) is 9.80 Å². The normalized spacial score (nSPS) is 18.5. The molecule has 8 nitrogen and oxygen atoms in total. The Labute approximate surface area is 173 Å². The van der Waals surface area contributed by atoms with Crippen molar-refractivity contribution in [1.29, 1.82) is 0 Å². The SMILES string of the molecule is CCOC(=O)C1CCCN(C(=O)CN(C)C(=O)c2ccc3c(c2)NC(=O)CS3)C1. The highest BCUT2D eigenvalue weighted by atomic mass is 32.2. The quantitative estimate of drug-likeness (QED) is 0.729. The van der Waals surface area contributed by atoms with Crippen LogP contribution in [0.25, 0.3) is 0 Å². The molecule has 0 spiro atoms. The number of amides is 3. The molecule has 3 rings (SSSR count). The minimum absolute atomic E-state index is 0.0768. The third-order valence-corrected chi connectivity index (χ3v) is 6.05. The molecule has 1 fully saturated rings. The molecule has 1 aromatic carbocycles. The molecule has 0 bridgehead atoms. The highest BCUT2D eigenvalue weighted by molar-refractivity contribution is 8.00. The fourth-order valence-electron chi connectivity index (χ4n) is 3.47. The van der Waals surface area contributed by atoms with Gasteiger partial charge in [0.2, 0.25) is 11.8 Å². The third-order valence-electron chi connectivity index (χ3n) is 4.97. The van der Waals surface area contributed by atoms with Crippen LogP contribution in [0.5, 0.6) is 0 Å². The van der Waals surface area contributed by atoms with Gasteiger partial charge < -0.3 is 19.9 Å². The van der Waals surface area contributed by atoms with Crippen LogP contribution in [0.3, 0.4) is 0 Å². The molecule has 0 radical (unpaired) electrons. The lowest BCUT2D eigenvalue weighted by molar-refractivity contribution is -0.151. The van der Waals surface area contributed by atoms with Gasteiger partial charge in [0, 0.05) is 30.6 Å². The van der Waals surface area contributed by atoms with Crippen molar-refractivity contribution in [2.45, 2.75) is 24.7 Å². The van der Waals surface area contributed by atoms with Crippen LogP contribution >= 0.6 is 11.8 Å². The minimum atomic E-state index is -0.310. The summed E-state index contributed by atoms with van der Waals surface area (Å²) in [5.74, 6) is -0.825. The van der Waals surface area contributed by atoms with Crippen molar-refractivity contribution in [3.8, 4) is 0 Å². The summed E-state index contributed by atoms with van der Waals surface area (Å²) < 4.78 is 5.07. The van der Waals surface area contributed by atoms with Gasteiger partial charge in [-0.25, -0.2) is 0 Å². The van der Waals surface area contributed by atoms with Crippen LogP contribution < -0.4 is 5.32 Å². The van der Waals surface area contributed by atoms with Crippen molar-refractivity contribution in [2.24, 2.45) is 5.92 Å². The van der Waals surface area contributed by atoms with Crippen molar-refractivity contribution in [3.63, 3.8) is 0 Å². The number of hydrogen-bond acceptors (Lipinski definition) is 6. The van der Waals surface area contributed by atoms with Crippen molar-refractivity contribution >= 4 is 41.1 Å². The van der Waals surface area contributed by atoms with Gasteiger partial charge in [-0.05, 0) is 38.0 Å². The van der Waals surface area contributed by atoms with Gasteiger partial charge in [0.15, 0.2) is 0 Å². The Hall–Kier alpha value is -2.55. The first-order valence-corrected chi connectivity index (χ1v) is 10.6. The summed E-state index contributed by atoms with van der Waals surface area (Å²) in [7, 11) is 1.57. The van der Waals surface area contributed by atoms with Gasteiger partial charge in [0.25, 0.3) is 5.91 Å². The van der Waals surface area contributed by atoms with Crippen LogP contribution in [0, 0.1) is 5.92 Å². The molecule has 1 saturated heterocycles. The first-order chi connectivity index (χ1) is 13.9. The average molecular weight is 420 g/mol. The van der Waals surface area contributed by atoms with E-state index in [0.29, 0.717) is 43.1 Å². The lowest BCUT2D eigenvalue weighted by Gasteiger charge is -2.32. The number of fused-ring (bicyclic) bond motifs is 1. The summed E-state index contributed by atoms with van der Waals surface area (Å²) in [6.45, 7) is 2.89. The molecule has 1 unspecified atom stereocenters. The number of rotatable bonds is 5. The Morgan fingerprint density at radius 2 is 2.14 bits per heavy atom. The molecule has 0 saturated carbocycles. The molecule has 1 N–H and O–H groups in total. The summed E-state index contributed by atoms with van der Waals surface area (Å²) >= 11 is 1.43. The van der Waals surface area contributed by atoms with E-state index < -0.39 is 0 Å². The van der Waals surface area contributed by atoms with E-state index in [2.05, 4.69) is 5.32 Å². The maximum absolute atomic E-state index is 12.7. The number of likely N-dealkylation sites (N-methyl/N-ethyl adjacent to an activating group) is 1. The number of hydrogen-bond donors (Lipinski definition) is 1. The predicted octanol–water partition coefficient (Wildman–Crippen LogP) is 1.60. The van der Waals surface area contributed by atoms with E-state index in [-0.39, 0.29) is 36.2 Å². The number of nitrogens with one attached hydrogen (secondary N) is 1. The second kappa shape index (κ2) is 9.30. The fourth-order valence-corrected chi connectivity index (χ4v) is 4.26. The van der Waals surface area contributed by atoms with Gasteiger partial charge >= 0.3 is 5.97 Å². The van der Waals surface area contributed by atoms with E-state index in [4.69, 9.17) is 4.74 Å². The van der Waals surface area contributed by atoms with Crippen LogP contribution in [0.4, 0.5) is 5.69 Å². The van der Waals surface area contributed by atoms with E-state index in [1.165, 1.54) is 16.7 Å². The zero-order chi connectivity index (χ0) is 21.0. The second-order valence-electron chi connectivity index (χ2n) is 7.14. The number of benzene rings is 1. The van der Waals surface area contributed by atoms with E-state index in [1.54, 1.807) is 37.1 Å². The maximum atomic E-state index is 12.7. The largest absolute Gasteiger partial charge is 0.466 e. The summed E-state index contributed by atoms with van der Waals surface area (Å²) in [6.07, 6.45) is 1.44. The number of carbonyl (C=O) groups excluding carboxylic acids is 4. The van der Waals surface area contributed by atoms with Crippen molar-refractivity contribution < 1.29 is 23.9 Å². The van der Waals surface area contributed by atoms with Crippen molar-refractivity contribution in [3.05, 3.63) is 23.8 Å². The molecular weight excluding hydrogens is 394 g/mol. The first-order valence-electron chi connectivity index (χ1n) is 9.65. The van der Waals surface area contributed by atoms with Gasteiger partial charge in [0.1, 0.15) is 0 Å². The standard InChI is InChI=1S/C20H25N3O5S/c1-3-28-20(27)14-5-4-8-23(10-14)18(25)11-22(2)19(26)13-6-7-16-15(9-13)21-17(24)12-29-16/h6-7,9,14H,3-5,8,10-12H2,1-2H3,(H,21,24). The van der Waals surface area contributed by atoms with Crippen molar-refractivity contribution in [2.75, 3.05) is 44.4 Å². The molecule has 0 aromatic heterocycles. The second-order valence-corrected chi connectivity index (χ2v) is 8.16. The summed E-state index contributed by atoms with van der Waals surface area (Å²) in [5.41, 5.74) is 1.02. The molecule has 2 heterocycles. The zero-order valence-corrected chi connectivity index (χ0v) is 17.4. The molecule has 0 aliphatic carbocycles. The van der Waals surface area contributed by atoms with Crippen LogP contribution in [0.1, 0.15) is 30.1 Å². The molecule has 3 amide bonds. The van der Waals surface area contributed by atoms with Gasteiger partial charge in [-0.1, -0.05) is 0 Å². The van der Waals surface area contributed by atoms with E-state index in [9.17, 15) is 19.2 Å². The Kier molecular flexibility index (Phi) is 6.79. The highest BCUT2D eigenvalue weighted by Crippen LogP contribution is 2.32. The highest BCUT2D eigenvalue weighted by Gasteiger charge is 2.30. The van der Waals surface area contributed by atoms with E-state index in [1.807, 2.05) is 0 Å². The fraction of sp³-hybridized carbons (Fsp3) is 0.500. The summed E-state index contributed by atoms with van der Waals surface area (Å²) in [4.78, 5) is 52.8. The van der Waals surface area contributed by atoms with E-state index >= 15 is 0 Å². The number of anilines is 1. The molecule has 1 aromatic rings. The Balaban J connectivity index is 1.60. The number of thioether (sulfide) groups is 1. The smallest absolute Gasteiger partial charge is 0.310 e. The number of likely N-dealkylation sites (tertiary alicyclic amines) is 1. The maximum Gasteiger partial charge on any atom is 0.310 e. The Bertz CT molecular complexity index is 828. The topological polar surface area (TPSA) is 96.0 Å². The van der Waals surface area contributed by atoms with Gasteiger partial charge in [-0.3, -0.25) is 19.2 Å². The predicted molar refractivity (Wildman–Crippen MR) is 109 cm³/mol. The minimum Gasteiger partial charge on any atom is -0.466 e. The first kappa shape index (κ1) is 21.2. The van der Waals surface area contributed by atoms with E-state index in [0.717, 1.165) is 11.3 Å². The number of nitrogens with zero attached hydrogens (tertiary/aromatic N) is 2. The Morgan fingerprint density at radius 3 is 2.90 bits per heavy atom. The zero-order valence-electron chi connectivity index (χ0n) is 16.6. The molecule has 29 heavy (non-hydrogen) atoms. The van der Waals surface area contributed by atoms with Crippen LogP contribution in [0.2, 0.25) is 0 Å². The molecule has 9 heteroatoms. The van der Waals surface area contributed by atoms with Gasteiger partial charge in [-0.2, -0.15) is 0 Å². The molecule has 2 aliphatic rings. The number of carbonyl (C=O) groups is 4.